The van der Waals surface area contributed by atoms with Gasteiger partial charge in [-0.05, 0) is 80.7 Å². The SMILES string of the molecule is COc1cc(C(=O)N2CCC(CCN3CCC(C(N)=O)(c4ccccc4)CC3)(c3ccc(Cl)c(Cl)c3)C2)cc(OC)c1O. The maximum absolute atomic E-state index is 13.7. The summed E-state index contributed by atoms with van der Waals surface area (Å²) in [7, 11) is 2.86. The first-order valence-corrected chi connectivity index (χ1v) is 15.2. The molecule has 2 aliphatic heterocycles. The molecule has 1 unspecified atom stereocenters. The molecular formula is C33H37Cl2N3O5. The predicted molar refractivity (Wildman–Crippen MR) is 167 cm³/mol. The van der Waals surface area contributed by atoms with Crippen LogP contribution in [0.4, 0.5) is 0 Å². The van der Waals surface area contributed by atoms with Crippen LogP contribution in [0.3, 0.4) is 0 Å². The van der Waals surface area contributed by atoms with Gasteiger partial charge < -0.3 is 30.1 Å². The largest absolute Gasteiger partial charge is 0.502 e. The standard InChI is InChI=1S/C33H37Cl2N3O5/c1-42-27-18-22(19-28(43-2)29(27)39)30(40)38-17-11-32(21-38,24-8-9-25(34)26(35)20-24)10-14-37-15-12-33(13-16-37,31(36)41)23-6-4-3-5-7-23/h3-9,18-20,39H,10-17,21H2,1-2H3,(H2,36,41). The number of benzene rings is 3. The zero-order chi connectivity index (χ0) is 30.8. The van der Waals surface area contributed by atoms with Gasteiger partial charge in [-0.2, -0.15) is 0 Å². The number of hydrogen-bond acceptors (Lipinski definition) is 6. The number of primary amides is 1. The molecule has 2 fully saturated rings. The minimum atomic E-state index is -0.665. The van der Waals surface area contributed by atoms with Gasteiger partial charge in [-0.1, -0.05) is 59.6 Å². The van der Waals surface area contributed by atoms with Gasteiger partial charge in [0, 0.05) is 24.1 Å². The van der Waals surface area contributed by atoms with E-state index in [1.807, 2.05) is 53.4 Å². The molecule has 8 nitrogen and oxygen atoms in total. The number of likely N-dealkylation sites (tertiary alicyclic amines) is 2. The molecule has 0 spiro atoms. The Kier molecular flexibility index (Phi) is 9.11. The summed E-state index contributed by atoms with van der Waals surface area (Å²) < 4.78 is 10.6. The van der Waals surface area contributed by atoms with E-state index in [0.29, 0.717) is 41.5 Å². The summed E-state index contributed by atoms with van der Waals surface area (Å²) in [5.41, 5.74) is 7.32. The zero-order valence-corrected chi connectivity index (χ0v) is 26.0. The minimum absolute atomic E-state index is 0.151. The maximum atomic E-state index is 13.7. The summed E-state index contributed by atoms with van der Waals surface area (Å²) in [4.78, 5) is 30.6. The molecule has 0 aromatic heterocycles. The van der Waals surface area contributed by atoms with Crippen molar-refractivity contribution in [1.29, 1.82) is 0 Å². The average molecular weight is 627 g/mol. The van der Waals surface area contributed by atoms with Crippen molar-refractivity contribution in [2.45, 2.75) is 36.5 Å². The van der Waals surface area contributed by atoms with Gasteiger partial charge in [-0.25, -0.2) is 0 Å². The lowest BCUT2D eigenvalue weighted by atomic mass is 9.71. The Bertz CT molecular complexity index is 1470. The highest BCUT2D eigenvalue weighted by Gasteiger charge is 2.44. The third-order valence-electron chi connectivity index (χ3n) is 9.31. The first-order chi connectivity index (χ1) is 20.6. The molecule has 3 aromatic rings. The van der Waals surface area contributed by atoms with E-state index < -0.39 is 5.41 Å². The predicted octanol–water partition coefficient (Wildman–Crippen LogP) is 5.41. The molecule has 2 saturated heterocycles. The number of rotatable bonds is 9. The van der Waals surface area contributed by atoms with Crippen molar-refractivity contribution in [3.05, 3.63) is 87.4 Å². The fourth-order valence-corrected chi connectivity index (χ4v) is 6.92. The second kappa shape index (κ2) is 12.6. The van der Waals surface area contributed by atoms with E-state index in [1.165, 1.54) is 26.4 Å². The van der Waals surface area contributed by atoms with Crippen LogP contribution < -0.4 is 15.2 Å². The van der Waals surface area contributed by atoms with Gasteiger partial charge in [0.25, 0.3) is 5.91 Å². The second-order valence-corrected chi connectivity index (χ2v) is 12.3. The molecular weight excluding hydrogens is 589 g/mol. The van der Waals surface area contributed by atoms with Crippen LogP contribution in [-0.2, 0) is 15.6 Å². The second-order valence-electron chi connectivity index (χ2n) is 11.5. The first kappa shape index (κ1) is 31.0. The van der Waals surface area contributed by atoms with E-state index in [9.17, 15) is 14.7 Å². The highest BCUT2D eigenvalue weighted by atomic mass is 35.5. The number of aromatic hydroxyl groups is 1. The molecule has 0 aliphatic carbocycles. The van der Waals surface area contributed by atoms with Crippen molar-refractivity contribution in [3.63, 3.8) is 0 Å². The molecule has 0 radical (unpaired) electrons. The van der Waals surface area contributed by atoms with Crippen LogP contribution in [0.15, 0.2) is 60.7 Å². The maximum Gasteiger partial charge on any atom is 0.254 e. The number of hydrogen-bond donors (Lipinski definition) is 2. The van der Waals surface area contributed by atoms with Crippen LogP contribution in [0.1, 0.15) is 47.2 Å². The number of piperidine rings is 1. The number of nitrogens with two attached hydrogens (primary N) is 1. The van der Waals surface area contributed by atoms with E-state index in [4.69, 9.17) is 38.4 Å². The highest BCUT2D eigenvalue weighted by Crippen LogP contribution is 2.43. The van der Waals surface area contributed by atoms with Crippen LogP contribution in [0.25, 0.3) is 0 Å². The van der Waals surface area contributed by atoms with Gasteiger partial charge in [0.05, 0.1) is 29.7 Å². The topological polar surface area (TPSA) is 105 Å². The Morgan fingerprint density at radius 1 is 0.884 bits per heavy atom. The van der Waals surface area contributed by atoms with Crippen LogP contribution in [0, 0.1) is 0 Å². The quantitative estimate of drug-likeness (QED) is 0.329. The van der Waals surface area contributed by atoms with Crippen molar-refractivity contribution in [2.75, 3.05) is 46.9 Å². The molecule has 43 heavy (non-hydrogen) atoms. The molecule has 228 valence electrons. The Morgan fingerprint density at radius 2 is 1.53 bits per heavy atom. The molecule has 0 bridgehead atoms. The first-order valence-electron chi connectivity index (χ1n) is 14.4. The molecule has 3 N–H and O–H groups in total. The number of halogens is 2. The summed E-state index contributed by atoms with van der Waals surface area (Å²) in [6.07, 6.45) is 2.83. The fourth-order valence-electron chi connectivity index (χ4n) is 6.62. The lowest BCUT2D eigenvalue weighted by Gasteiger charge is -2.41. The summed E-state index contributed by atoms with van der Waals surface area (Å²) in [5, 5.41) is 11.3. The van der Waals surface area contributed by atoms with Crippen molar-refractivity contribution in [3.8, 4) is 17.2 Å². The van der Waals surface area contributed by atoms with Gasteiger partial charge in [0.15, 0.2) is 11.5 Å². The van der Waals surface area contributed by atoms with Crippen LogP contribution in [0.2, 0.25) is 10.0 Å². The highest BCUT2D eigenvalue weighted by molar-refractivity contribution is 6.42. The number of nitrogens with zero attached hydrogens (tertiary/aromatic N) is 2. The Balaban J connectivity index is 1.36. The molecule has 1 atom stereocenters. The van der Waals surface area contributed by atoms with E-state index in [2.05, 4.69) is 4.90 Å². The molecule has 5 rings (SSSR count). The fraction of sp³-hybridized carbons (Fsp3) is 0.394. The van der Waals surface area contributed by atoms with Crippen LogP contribution >= 0.6 is 23.2 Å². The van der Waals surface area contributed by atoms with E-state index in [-0.39, 0.29) is 34.5 Å². The molecule has 10 heteroatoms. The van der Waals surface area contributed by atoms with Gasteiger partial charge in [0.1, 0.15) is 0 Å². The third kappa shape index (κ3) is 6.01. The lowest BCUT2D eigenvalue weighted by Crippen LogP contribution is -2.50. The summed E-state index contributed by atoms with van der Waals surface area (Å²) in [5.74, 6) is -0.262. The van der Waals surface area contributed by atoms with E-state index in [0.717, 1.165) is 43.6 Å². The van der Waals surface area contributed by atoms with E-state index in [1.54, 1.807) is 0 Å². The van der Waals surface area contributed by atoms with Crippen LogP contribution in [0.5, 0.6) is 17.2 Å². The Labute approximate surface area is 262 Å². The number of ether oxygens (including phenoxy) is 2. The van der Waals surface area contributed by atoms with Gasteiger partial charge in [0.2, 0.25) is 11.7 Å². The average Bonchev–Trinajstić information content (AvgIpc) is 3.47. The van der Waals surface area contributed by atoms with E-state index >= 15 is 0 Å². The van der Waals surface area contributed by atoms with Gasteiger partial charge >= 0.3 is 0 Å². The summed E-state index contributed by atoms with van der Waals surface area (Å²) in [6, 6.07) is 18.6. The number of phenols is 1. The number of methoxy groups -OCH3 is 2. The molecule has 0 saturated carbocycles. The zero-order valence-electron chi connectivity index (χ0n) is 24.4. The number of carbonyl (C=O) groups excluding carboxylic acids is 2. The third-order valence-corrected chi connectivity index (χ3v) is 10.1. The van der Waals surface area contributed by atoms with Crippen molar-refractivity contribution in [1.82, 2.24) is 9.80 Å². The number of phenolic OH excluding ortho intramolecular Hbond substituents is 1. The van der Waals surface area contributed by atoms with Crippen molar-refractivity contribution < 1.29 is 24.2 Å². The van der Waals surface area contributed by atoms with Crippen molar-refractivity contribution in [2.24, 2.45) is 5.73 Å². The van der Waals surface area contributed by atoms with Gasteiger partial charge in [-0.3, -0.25) is 9.59 Å². The Hall–Kier alpha value is -3.46. The summed E-state index contributed by atoms with van der Waals surface area (Å²) in [6.45, 7) is 3.30. The molecule has 2 aliphatic rings. The smallest absolute Gasteiger partial charge is 0.254 e. The Morgan fingerprint density at radius 3 is 2.12 bits per heavy atom. The van der Waals surface area contributed by atoms with Crippen LogP contribution in [-0.4, -0.2) is 73.7 Å². The normalized spacial score (nSPS) is 20.1. The van der Waals surface area contributed by atoms with Crippen molar-refractivity contribution >= 4 is 35.0 Å². The molecule has 3 aromatic carbocycles. The molecule has 2 amide bonds. The lowest BCUT2D eigenvalue weighted by molar-refractivity contribution is -0.125. The minimum Gasteiger partial charge on any atom is -0.502 e. The molecule has 2 heterocycles. The number of carbonyl (C=O) groups is 2. The van der Waals surface area contributed by atoms with Gasteiger partial charge in [-0.15, -0.1) is 0 Å². The number of amides is 2. The monoisotopic (exact) mass is 625 g/mol. The summed E-state index contributed by atoms with van der Waals surface area (Å²) >= 11 is 12.8.